The standard InChI is InChI=1S/C24H30N4O3/c1-26(18-24(30)28-11-10-19-4-2-3-5-20(19)16-28)17-23(29)25-21-6-8-22(9-7-21)27-12-14-31-15-13-27/h2-9H,10-18H2,1H3,(H,25,29). The Morgan fingerprint density at radius 3 is 2.42 bits per heavy atom. The number of likely N-dealkylation sites (N-methyl/N-ethyl adjacent to an activating group) is 1. The molecule has 2 heterocycles. The van der Waals surface area contributed by atoms with Crippen molar-refractivity contribution in [1.82, 2.24) is 9.80 Å². The number of fused-ring (bicyclic) bond motifs is 1. The molecule has 2 amide bonds. The number of amides is 2. The number of morpholine rings is 1. The smallest absolute Gasteiger partial charge is 0.238 e. The molecule has 1 fully saturated rings. The van der Waals surface area contributed by atoms with Crippen LogP contribution in [0.5, 0.6) is 0 Å². The van der Waals surface area contributed by atoms with Crippen molar-refractivity contribution >= 4 is 23.2 Å². The zero-order valence-electron chi connectivity index (χ0n) is 18.0. The number of ether oxygens (including phenoxy) is 1. The van der Waals surface area contributed by atoms with Gasteiger partial charge in [-0.05, 0) is 48.9 Å². The molecule has 0 saturated carbocycles. The van der Waals surface area contributed by atoms with Gasteiger partial charge in [-0.2, -0.15) is 0 Å². The topological polar surface area (TPSA) is 65.1 Å². The van der Waals surface area contributed by atoms with Gasteiger partial charge in [-0.15, -0.1) is 0 Å². The predicted octanol–water partition coefficient (Wildman–Crippen LogP) is 1.98. The highest BCUT2D eigenvalue weighted by atomic mass is 16.5. The highest BCUT2D eigenvalue weighted by molar-refractivity contribution is 5.92. The molecule has 0 aromatic heterocycles. The number of rotatable bonds is 6. The minimum absolute atomic E-state index is 0.0552. The van der Waals surface area contributed by atoms with Crippen molar-refractivity contribution in [2.75, 3.05) is 63.2 Å². The number of nitrogens with one attached hydrogen (secondary N) is 1. The monoisotopic (exact) mass is 422 g/mol. The Morgan fingerprint density at radius 1 is 0.968 bits per heavy atom. The van der Waals surface area contributed by atoms with Crippen LogP contribution in [0.3, 0.4) is 0 Å². The largest absolute Gasteiger partial charge is 0.378 e. The number of carbonyl (C=O) groups is 2. The van der Waals surface area contributed by atoms with E-state index in [9.17, 15) is 9.59 Å². The van der Waals surface area contributed by atoms with Crippen molar-refractivity contribution in [3.05, 3.63) is 59.7 Å². The molecule has 0 radical (unpaired) electrons. The maximum absolute atomic E-state index is 12.7. The molecule has 2 aliphatic heterocycles. The molecule has 1 N–H and O–H groups in total. The molecule has 0 bridgehead atoms. The van der Waals surface area contributed by atoms with Crippen molar-refractivity contribution in [1.29, 1.82) is 0 Å². The summed E-state index contributed by atoms with van der Waals surface area (Å²) < 4.78 is 5.39. The third-order valence-corrected chi connectivity index (χ3v) is 5.83. The van der Waals surface area contributed by atoms with Crippen LogP contribution in [-0.4, -0.2) is 74.6 Å². The van der Waals surface area contributed by atoms with Crippen molar-refractivity contribution < 1.29 is 14.3 Å². The number of carbonyl (C=O) groups excluding carboxylic acids is 2. The molecular formula is C24H30N4O3. The molecule has 7 nitrogen and oxygen atoms in total. The highest BCUT2D eigenvalue weighted by Gasteiger charge is 2.22. The normalized spacial score (nSPS) is 16.2. The van der Waals surface area contributed by atoms with Gasteiger partial charge in [0.25, 0.3) is 0 Å². The van der Waals surface area contributed by atoms with E-state index in [2.05, 4.69) is 22.3 Å². The second-order valence-corrected chi connectivity index (χ2v) is 8.20. The first kappa shape index (κ1) is 21.3. The summed E-state index contributed by atoms with van der Waals surface area (Å²) in [6.07, 6.45) is 0.882. The third-order valence-electron chi connectivity index (χ3n) is 5.83. The lowest BCUT2D eigenvalue weighted by Gasteiger charge is -2.30. The molecule has 7 heteroatoms. The fourth-order valence-electron chi connectivity index (χ4n) is 4.12. The maximum Gasteiger partial charge on any atom is 0.238 e. The molecule has 4 rings (SSSR count). The molecular weight excluding hydrogens is 392 g/mol. The highest BCUT2D eigenvalue weighted by Crippen LogP contribution is 2.20. The Kier molecular flexibility index (Phi) is 6.84. The fourth-order valence-corrected chi connectivity index (χ4v) is 4.12. The summed E-state index contributed by atoms with van der Waals surface area (Å²) in [7, 11) is 1.80. The average Bonchev–Trinajstić information content (AvgIpc) is 2.79. The summed E-state index contributed by atoms with van der Waals surface area (Å²) in [4.78, 5) is 31.0. The Morgan fingerprint density at radius 2 is 1.68 bits per heavy atom. The van der Waals surface area contributed by atoms with Crippen LogP contribution in [0.25, 0.3) is 0 Å². The Hall–Kier alpha value is -2.90. The SMILES string of the molecule is CN(CC(=O)Nc1ccc(N2CCOCC2)cc1)CC(=O)N1CCc2ccccc2C1. The average molecular weight is 423 g/mol. The van der Waals surface area contributed by atoms with Crippen LogP contribution in [0.2, 0.25) is 0 Å². The summed E-state index contributed by atoms with van der Waals surface area (Å²) in [5.41, 5.74) is 4.42. The Bertz CT molecular complexity index is 909. The summed E-state index contributed by atoms with van der Waals surface area (Å²) in [5.74, 6) is -0.0712. The van der Waals surface area contributed by atoms with Gasteiger partial charge in [0, 0.05) is 37.6 Å². The predicted molar refractivity (Wildman–Crippen MR) is 121 cm³/mol. The van der Waals surface area contributed by atoms with E-state index in [1.54, 1.807) is 11.9 Å². The van der Waals surface area contributed by atoms with E-state index >= 15 is 0 Å². The van der Waals surface area contributed by atoms with Crippen LogP contribution >= 0.6 is 0 Å². The van der Waals surface area contributed by atoms with Gasteiger partial charge in [0.2, 0.25) is 11.8 Å². The number of nitrogens with zero attached hydrogens (tertiary/aromatic N) is 3. The van der Waals surface area contributed by atoms with Gasteiger partial charge in [-0.25, -0.2) is 0 Å². The van der Waals surface area contributed by atoms with E-state index in [4.69, 9.17) is 4.74 Å². The molecule has 1 saturated heterocycles. The van der Waals surface area contributed by atoms with Crippen LogP contribution < -0.4 is 10.2 Å². The quantitative estimate of drug-likeness (QED) is 0.771. The van der Waals surface area contributed by atoms with Crippen molar-refractivity contribution in [2.45, 2.75) is 13.0 Å². The van der Waals surface area contributed by atoms with E-state index in [1.165, 1.54) is 11.1 Å². The summed E-state index contributed by atoms with van der Waals surface area (Å²) >= 11 is 0. The van der Waals surface area contributed by atoms with Crippen LogP contribution in [0.15, 0.2) is 48.5 Å². The first-order chi connectivity index (χ1) is 15.1. The molecule has 0 atom stereocenters. The Balaban J connectivity index is 1.23. The molecule has 2 aromatic carbocycles. The van der Waals surface area contributed by atoms with E-state index in [0.29, 0.717) is 6.54 Å². The second kappa shape index (κ2) is 9.94. The molecule has 31 heavy (non-hydrogen) atoms. The molecule has 164 valence electrons. The molecule has 0 unspecified atom stereocenters. The zero-order valence-corrected chi connectivity index (χ0v) is 18.0. The lowest BCUT2D eigenvalue weighted by molar-refractivity contribution is -0.133. The van der Waals surface area contributed by atoms with Crippen LogP contribution in [-0.2, 0) is 27.3 Å². The lowest BCUT2D eigenvalue weighted by atomic mass is 10.00. The van der Waals surface area contributed by atoms with Crippen LogP contribution in [0.4, 0.5) is 11.4 Å². The van der Waals surface area contributed by atoms with Gasteiger partial charge in [0.1, 0.15) is 0 Å². The van der Waals surface area contributed by atoms with Gasteiger partial charge in [0.15, 0.2) is 0 Å². The van der Waals surface area contributed by atoms with E-state index in [-0.39, 0.29) is 24.9 Å². The van der Waals surface area contributed by atoms with Crippen LogP contribution in [0, 0.1) is 0 Å². The van der Waals surface area contributed by atoms with Gasteiger partial charge in [-0.1, -0.05) is 24.3 Å². The van der Waals surface area contributed by atoms with E-state index < -0.39 is 0 Å². The number of anilines is 2. The second-order valence-electron chi connectivity index (χ2n) is 8.20. The van der Waals surface area contributed by atoms with E-state index in [0.717, 1.165) is 50.6 Å². The molecule has 2 aliphatic rings. The maximum atomic E-state index is 12.7. The van der Waals surface area contributed by atoms with Gasteiger partial charge in [0.05, 0.1) is 26.3 Å². The van der Waals surface area contributed by atoms with E-state index in [1.807, 2.05) is 41.3 Å². The fraction of sp³-hybridized carbons (Fsp3) is 0.417. The number of benzene rings is 2. The minimum atomic E-state index is -0.126. The first-order valence-electron chi connectivity index (χ1n) is 10.8. The van der Waals surface area contributed by atoms with Gasteiger partial charge >= 0.3 is 0 Å². The first-order valence-corrected chi connectivity index (χ1v) is 10.8. The molecule has 0 spiro atoms. The van der Waals surface area contributed by atoms with Crippen molar-refractivity contribution in [3.63, 3.8) is 0 Å². The molecule has 2 aromatic rings. The van der Waals surface area contributed by atoms with Crippen LogP contribution in [0.1, 0.15) is 11.1 Å². The summed E-state index contributed by atoms with van der Waals surface area (Å²) in [6, 6.07) is 16.1. The number of hydrogen-bond donors (Lipinski definition) is 1. The number of hydrogen-bond acceptors (Lipinski definition) is 5. The third kappa shape index (κ3) is 5.62. The van der Waals surface area contributed by atoms with Gasteiger partial charge in [-0.3, -0.25) is 14.5 Å². The zero-order chi connectivity index (χ0) is 21.6. The lowest BCUT2D eigenvalue weighted by Crippen LogP contribution is -2.43. The minimum Gasteiger partial charge on any atom is -0.378 e. The van der Waals surface area contributed by atoms with Gasteiger partial charge < -0.3 is 19.9 Å². The van der Waals surface area contributed by atoms with Crippen molar-refractivity contribution in [2.24, 2.45) is 0 Å². The molecule has 0 aliphatic carbocycles. The summed E-state index contributed by atoms with van der Waals surface area (Å²) in [5, 5.41) is 2.92. The summed E-state index contributed by atoms with van der Waals surface area (Å²) in [6.45, 7) is 5.02. The van der Waals surface area contributed by atoms with Crippen molar-refractivity contribution in [3.8, 4) is 0 Å². The Labute approximate surface area is 183 Å².